The van der Waals surface area contributed by atoms with Crippen molar-refractivity contribution in [2.24, 2.45) is 0 Å². The quantitative estimate of drug-likeness (QED) is 0.739. The van der Waals surface area contributed by atoms with Crippen LogP contribution in [0.4, 0.5) is 13.2 Å². The summed E-state index contributed by atoms with van der Waals surface area (Å²) in [4.78, 5) is -0.238. The Labute approximate surface area is 94.0 Å². The molecule has 0 aliphatic rings. The number of rotatable bonds is 4. The zero-order valence-corrected chi connectivity index (χ0v) is 10.1. The maximum atomic E-state index is 12.1. The molecular weight excluding hydrogens is 268 g/mol. The average molecular weight is 281 g/mol. The minimum absolute atomic E-state index is 0.238. The predicted octanol–water partition coefficient (Wildman–Crippen LogP) is 3.65. The summed E-state index contributed by atoms with van der Waals surface area (Å²) in [5.41, 5.74) is 1.11. The molecule has 0 N–H and O–H groups in total. The van der Waals surface area contributed by atoms with Crippen molar-refractivity contribution in [1.29, 1.82) is 0 Å². The van der Waals surface area contributed by atoms with E-state index in [4.69, 9.17) is 0 Å². The van der Waals surface area contributed by atoms with Crippen LogP contribution in [0.15, 0.2) is 30.3 Å². The molecular formula is C11H13F3Se. The topological polar surface area (TPSA) is 0 Å². The zero-order chi connectivity index (χ0) is 11.3. The third-order valence-electron chi connectivity index (χ3n) is 2.02. The molecule has 84 valence electrons. The molecule has 0 heterocycles. The molecule has 0 aromatic heterocycles. The molecule has 0 fully saturated rings. The second kappa shape index (κ2) is 5.57. The van der Waals surface area contributed by atoms with Crippen LogP contribution in [0, 0.1) is 0 Å². The van der Waals surface area contributed by atoms with Crippen molar-refractivity contribution in [3.63, 3.8) is 0 Å². The van der Waals surface area contributed by atoms with E-state index >= 15 is 0 Å². The van der Waals surface area contributed by atoms with E-state index in [9.17, 15) is 13.2 Å². The van der Waals surface area contributed by atoms with Gasteiger partial charge in [-0.15, -0.1) is 0 Å². The summed E-state index contributed by atoms with van der Waals surface area (Å²) in [6, 6.07) is 9.64. The fourth-order valence-electron chi connectivity index (χ4n) is 1.30. The molecule has 1 aromatic carbocycles. The zero-order valence-electron chi connectivity index (χ0n) is 8.42. The van der Waals surface area contributed by atoms with E-state index in [1.807, 2.05) is 30.3 Å². The van der Waals surface area contributed by atoms with E-state index in [0.29, 0.717) is 6.42 Å². The summed E-state index contributed by atoms with van der Waals surface area (Å²) < 4.78 is 36.2. The Kier molecular flexibility index (Phi) is 4.68. The fourth-order valence-corrected chi connectivity index (χ4v) is 2.75. The van der Waals surface area contributed by atoms with Gasteiger partial charge < -0.3 is 0 Å². The average Bonchev–Trinajstić information content (AvgIpc) is 2.14. The van der Waals surface area contributed by atoms with E-state index in [1.165, 1.54) is 0 Å². The van der Waals surface area contributed by atoms with Crippen LogP contribution in [0.5, 0.6) is 0 Å². The van der Waals surface area contributed by atoms with Gasteiger partial charge in [0, 0.05) is 0 Å². The summed E-state index contributed by atoms with van der Waals surface area (Å²) in [5, 5.41) is -3.97. The molecule has 0 saturated carbocycles. The molecule has 1 aromatic rings. The minimum atomic E-state index is -3.97. The van der Waals surface area contributed by atoms with E-state index in [1.54, 1.807) is 6.92 Å². The molecule has 1 atom stereocenters. The van der Waals surface area contributed by atoms with Crippen LogP contribution in [-0.4, -0.2) is 20.0 Å². The van der Waals surface area contributed by atoms with Crippen molar-refractivity contribution >= 4 is 15.0 Å². The van der Waals surface area contributed by atoms with Gasteiger partial charge in [-0.1, -0.05) is 0 Å². The first-order valence-corrected chi connectivity index (χ1v) is 6.60. The number of aryl methyl sites for hydroxylation is 1. The van der Waals surface area contributed by atoms with Crippen molar-refractivity contribution < 1.29 is 13.2 Å². The van der Waals surface area contributed by atoms with Crippen molar-refractivity contribution in [3.05, 3.63) is 35.9 Å². The first-order chi connectivity index (χ1) is 6.97. The molecule has 0 aliphatic carbocycles. The summed E-state index contributed by atoms with van der Waals surface area (Å²) >= 11 is -1.25. The Morgan fingerprint density at radius 1 is 1.20 bits per heavy atom. The van der Waals surface area contributed by atoms with Gasteiger partial charge in [-0.3, -0.25) is 0 Å². The van der Waals surface area contributed by atoms with E-state index in [2.05, 4.69) is 0 Å². The van der Waals surface area contributed by atoms with Gasteiger partial charge >= 0.3 is 93.7 Å². The maximum absolute atomic E-state index is 12.1. The Hall–Kier alpha value is -0.471. The summed E-state index contributed by atoms with van der Waals surface area (Å²) in [7, 11) is 0. The number of benzene rings is 1. The van der Waals surface area contributed by atoms with Crippen LogP contribution >= 0.6 is 0 Å². The Morgan fingerprint density at radius 3 is 2.33 bits per heavy atom. The summed E-state index contributed by atoms with van der Waals surface area (Å²) in [6.45, 7) is 1.68. The number of hydrogen-bond acceptors (Lipinski definition) is 0. The molecule has 0 nitrogen and oxygen atoms in total. The third kappa shape index (κ3) is 5.85. The molecule has 0 radical (unpaired) electrons. The van der Waals surface area contributed by atoms with Crippen LogP contribution in [0.2, 0.25) is 4.82 Å². The van der Waals surface area contributed by atoms with Crippen LogP contribution in [0.1, 0.15) is 18.9 Å². The van der Waals surface area contributed by atoms with Gasteiger partial charge in [0.05, 0.1) is 0 Å². The van der Waals surface area contributed by atoms with Gasteiger partial charge in [0.2, 0.25) is 0 Å². The monoisotopic (exact) mass is 282 g/mol. The number of hydrogen-bond donors (Lipinski definition) is 0. The summed E-state index contributed by atoms with van der Waals surface area (Å²) in [6.07, 6.45) is 1.35. The van der Waals surface area contributed by atoms with Crippen LogP contribution in [0.3, 0.4) is 0 Å². The number of halogens is 3. The van der Waals surface area contributed by atoms with Gasteiger partial charge in [0.15, 0.2) is 0 Å². The molecule has 0 amide bonds. The van der Waals surface area contributed by atoms with Crippen molar-refractivity contribution in [2.75, 3.05) is 0 Å². The molecule has 0 saturated heterocycles. The fraction of sp³-hybridized carbons (Fsp3) is 0.455. The van der Waals surface area contributed by atoms with E-state index in [0.717, 1.165) is 12.0 Å². The molecule has 15 heavy (non-hydrogen) atoms. The first kappa shape index (κ1) is 12.6. The molecule has 0 bridgehead atoms. The standard InChI is InChI=1S/C11H13F3Se/c1-9(15-11(12,13)14)7-8-10-5-3-2-4-6-10/h2-6,9H,7-8H2,1H3. The number of alkyl halides is 3. The molecule has 4 heteroatoms. The Morgan fingerprint density at radius 2 is 1.80 bits per heavy atom. The van der Waals surface area contributed by atoms with Crippen LogP contribution < -0.4 is 0 Å². The first-order valence-electron chi connectivity index (χ1n) is 4.76. The van der Waals surface area contributed by atoms with E-state index in [-0.39, 0.29) is 4.82 Å². The van der Waals surface area contributed by atoms with Crippen molar-refractivity contribution in [1.82, 2.24) is 0 Å². The normalized spacial score (nSPS) is 13.9. The second-order valence-corrected chi connectivity index (χ2v) is 6.55. The Balaban J connectivity index is 2.32. The second-order valence-electron chi connectivity index (χ2n) is 3.40. The van der Waals surface area contributed by atoms with Crippen molar-refractivity contribution in [3.8, 4) is 0 Å². The van der Waals surface area contributed by atoms with Gasteiger partial charge in [0.25, 0.3) is 0 Å². The van der Waals surface area contributed by atoms with Gasteiger partial charge in [-0.05, 0) is 0 Å². The molecule has 0 aliphatic heterocycles. The SMILES string of the molecule is CC(CCc1ccccc1)[Se]C(F)(F)F. The molecule has 0 spiro atoms. The Bertz CT molecular complexity index is 282. The van der Waals surface area contributed by atoms with E-state index < -0.39 is 20.0 Å². The third-order valence-corrected chi connectivity index (χ3v) is 3.92. The molecule has 1 unspecified atom stereocenters. The predicted molar refractivity (Wildman–Crippen MR) is 56.0 cm³/mol. The van der Waals surface area contributed by atoms with Gasteiger partial charge in [-0.2, -0.15) is 0 Å². The van der Waals surface area contributed by atoms with Crippen LogP contribution in [0.25, 0.3) is 0 Å². The van der Waals surface area contributed by atoms with Gasteiger partial charge in [0.1, 0.15) is 0 Å². The van der Waals surface area contributed by atoms with Gasteiger partial charge in [-0.25, -0.2) is 0 Å². The van der Waals surface area contributed by atoms with Crippen LogP contribution in [-0.2, 0) is 6.42 Å². The van der Waals surface area contributed by atoms with Crippen molar-refractivity contribution in [2.45, 2.75) is 29.7 Å². The molecule has 1 rings (SSSR count). The summed E-state index contributed by atoms with van der Waals surface area (Å²) in [5.74, 6) is 0.